The van der Waals surface area contributed by atoms with Crippen molar-refractivity contribution < 1.29 is 0 Å². The molecule has 1 heterocycles. The number of unbranched alkanes of at least 4 members (excludes halogenated alkanes) is 1. The lowest BCUT2D eigenvalue weighted by Crippen LogP contribution is -1.83. The molecule has 0 N–H and O–H groups in total. The van der Waals surface area contributed by atoms with E-state index in [-0.39, 0.29) is 0 Å². The van der Waals surface area contributed by atoms with Crippen LogP contribution in [0, 0.1) is 6.20 Å². The van der Waals surface area contributed by atoms with Gasteiger partial charge in [0.2, 0.25) is 0 Å². The van der Waals surface area contributed by atoms with E-state index in [1.54, 1.807) is 6.21 Å². The molecule has 0 aromatic rings. The Morgan fingerprint density at radius 1 is 1.60 bits per heavy atom. The third kappa shape index (κ3) is 2.12. The fraction of sp³-hybridized carbons (Fsp3) is 0.444. The molecule has 1 aliphatic rings. The minimum Gasteiger partial charge on any atom is -0.0740 e. The Morgan fingerprint density at radius 2 is 2.50 bits per heavy atom. The van der Waals surface area contributed by atoms with Crippen molar-refractivity contribution in [2.75, 3.05) is 0 Å². The first kappa shape index (κ1) is 7.17. The summed E-state index contributed by atoms with van der Waals surface area (Å²) in [5.41, 5.74) is 1.23. The molecule has 0 saturated carbocycles. The van der Waals surface area contributed by atoms with E-state index in [4.69, 9.17) is 0 Å². The van der Waals surface area contributed by atoms with Gasteiger partial charge in [-0.2, -0.15) is 0 Å². The zero-order valence-corrected chi connectivity index (χ0v) is 6.30. The van der Waals surface area contributed by atoms with Crippen molar-refractivity contribution in [3.8, 4) is 0 Å². The fourth-order valence-electron chi connectivity index (χ4n) is 0.866. The molecule has 0 aromatic heterocycles. The summed E-state index contributed by atoms with van der Waals surface area (Å²) in [4.78, 5) is 3.91. The predicted molar refractivity (Wildman–Crippen MR) is 43.9 cm³/mol. The Labute approximate surface area is 62.2 Å². The molecule has 0 amide bonds. The van der Waals surface area contributed by atoms with Gasteiger partial charge in [0.1, 0.15) is 11.8 Å². The number of nitrogens with zero attached hydrogens (tertiary/aromatic N) is 1. The van der Waals surface area contributed by atoms with Crippen LogP contribution >= 0.6 is 0 Å². The Hall–Kier alpha value is -0.940. The SMILES string of the molecule is CCCCC1=[C+]N=CC=C1. The van der Waals surface area contributed by atoms with Crippen molar-refractivity contribution >= 4 is 6.21 Å². The third-order valence-electron chi connectivity index (χ3n) is 1.47. The molecule has 10 heavy (non-hydrogen) atoms. The van der Waals surface area contributed by atoms with E-state index in [2.05, 4.69) is 24.2 Å². The molecule has 0 saturated heterocycles. The molecule has 1 nitrogen and oxygen atoms in total. The average Bonchev–Trinajstić information content (AvgIpc) is 2.03. The number of rotatable bonds is 3. The van der Waals surface area contributed by atoms with E-state index in [0.717, 1.165) is 6.42 Å². The van der Waals surface area contributed by atoms with E-state index in [1.807, 2.05) is 6.08 Å². The van der Waals surface area contributed by atoms with E-state index in [0.29, 0.717) is 0 Å². The maximum atomic E-state index is 3.91. The molecule has 0 spiro atoms. The fourth-order valence-corrected chi connectivity index (χ4v) is 0.866. The van der Waals surface area contributed by atoms with Gasteiger partial charge in [0.05, 0.1) is 12.2 Å². The van der Waals surface area contributed by atoms with Gasteiger partial charge in [-0.25, -0.2) is 0 Å². The van der Waals surface area contributed by atoms with Crippen LogP contribution in [0.2, 0.25) is 0 Å². The van der Waals surface area contributed by atoms with Crippen LogP contribution in [-0.4, -0.2) is 6.21 Å². The monoisotopic (exact) mass is 134 g/mol. The Morgan fingerprint density at radius 3 is 3.10 bits per heavy atom. The standard InChI is InChI=1S/C9H12N/c1-2-3-5-9-6-4-7-10-8-9/h4,6-7H,2-3,5H2,1H3/q+1. The molecule has 0 fully saturated rings. The van der Waals surface area contributed by atoms with Gasteiger partial charge in [-0.05, 0) is 6.42 Å². The highest BCUT2D eigenvalue weighted by molar-refractivity contribution is 5.73. The van der Waals surface area contributed by atoms with Gasteiger partial charge in [-0.15, -0.1) is 0 Å². The maximum Gasteiger partial charge on any atom is 0.159 e. The highest BCUT2D eigenvalue weighted by Crippen LogP contribution is 2.09. The molecule has 52 valence electrons. The summed E-state index contributed by atoms with van der Waals surface area (Å²) in [5, 5.41) is 0. The van der Waals surface area contributed by atoms with Crippen molar-refractivity contribution in [1.29, 1.82) is 0 Å². The second-order valence-electron chi connectivity index (χ2n) is 2.38. The van der Waals surface area contributed by atoms with Crippen molar-refractivity contribution in [2.45, 2.75) is 26.2 Å². The molecule has 0 aliphatic carbocycles. The van der Waals surface area contributed by atoms with E-state index >= 15 is 0 Å². The van der Waals surface area contributed by atoms with Crippen molar-refractivity contribution in [2.24, 2.45) is 4.99 Å². The second-order valence-corrected chi connectivity index (χ2v) is 2.38. The third-order valence-corrected chi connectivity index (χ3v) is 1.47. The van der Waals surface area contributed by atoms with Gasteiger partial charge in [-0.3, -0.25) is 0 Å². The summed E-state index contributed by atoms with van der Waals surface area (Å²) in [6.45, 7) is 2.19. The smallest absolute Gasteiger partial charge is 0.0740 e. The number of allylic oxidation sites excluding steroid dienone is 3. The molecular formula is C9H12N+. The normalized spacial score (nSPS) is 14.7. The first-order chi connectivity index (χ1) is 4.93. The van der Waals surface area contributed by atoms with Crippen molar-refractivity contribution in [3.05, 3.63) is 23.9 Å². The highest BCUT2D eigenvalue weighted by Gasteiger charge is 2.02. The molecule has 0 radical (unpaired) electrons. The molecule has 0 unspecified atom stereocenters. The number of hydrogen-bond donors (Lipinski definition) is 0. The zero-order chi connectivity index (χ0) is 7.23. The van der Waals surface area contributed by atoms with Gasteiger partial charge in [0, 0.05) is 6.42 Å². The average molecular weight is 134 g/mol. The van der Waals surface area contributed by atoms with Gasteiger partial charge in [0.25, 0.3) is 0 Å². The van der Waals surface area contributed by atoms with Gasteiger partial charge >= 0.3 is 0 Å². The van der Waals surface area contributed by atoms with Gasteiger partial charge in [-0.1, -0.05) is 18.3 Å². The summed E-state index contributed by atoms with van der Waals surface area (Å²) in [6, 6.07) is 0. The molecular weight excluding hydrogens is 122 g/mol. The molecule has 1 aliphatic heterocycles. The van der Waals surface area contributed by atoms with Crippen LogP contribution in [0.1, 0.15) is 26.2 Å². The van der Waals surface area contributed by atoms with Crippen molar-refractivity contribution in [3.63, 3.8) is 0 Å². The lowest BCUT2D eigenvalue weighted by atomic mass is 10.1. The van der Waals surface area contributed by atoms with E-state index < -0.39 is 0 Å². The lowest BCUT2D eigenvalue weighted by Gasteiger charge is -1.91. The summed E-state index contributed by atoms with van der Waals surface area (Å²) in [7, 11) is 0. The summed E-state index contributed by atoms with van der Waals surface area (Å²) in [6.07, 6.45) is 12.3. The first-order valence-electron chi connectivity index (χ1n) is 3.75. The van der Waals surface area contributed by atoms with Crippen LogP contribution in [0.3, 0.4) is 0 Å². The number of hydrogen-bond acceptors (Lipinski definition) is 1. The highest BCUT2D eigenvalue weighted by atomic mass is 14.7. The largest absolute Gasteiger partial charge is 0.159 e. The Balaban J connectivity index is 2.35. The summed E-state index contributed by atoms with van der Waals surface area (Å²) in [5.74, 6) is 0. The van der Waals surface area contributed by atoms with Crippen LogP contribution in [0.25, 0.3) is 0 Å². The minimum absolute atomic E-state index is 1.12. The Kier molecular flexibility index (Phi) is 2.85. The molecule has 1 heteroatoms. The minimum atomic E-state index is 1.12. The number of aliphatic imine (C=N–C) groups is 1. The molecule has 0 bridgehead atoms. The van der Waals surface area contributed by atoms with Gasteiger partial charge < -0.3 is 0 Å². The topological polar surface area (TPSA) is 12.4 Å². The van der Waals surface area contributed by atoms with Crippen LogP contribution in [-0.2, 0) is 0 Å². The van der Waals surface area contributed by atoms with Crippen LogP contribution in [0.15, 0.2) is 22.7 Å². The molecule has 0 atom stereocenters. The van der Waals surface area contributed by atoms with Gasteiger partial charge in [0.15, 0.2) is 6.20 Å². The quantitative estimate of drug-likeness (QED) is 0.526. The summed E-state index contributed by atoms with van der Waals surface area (Å²) >= 11 is 0. The Bertz CT molecular complexity index is 175. The summed E-state index contributed by atoms with van der Waals surface area (Å²) < 4.78 is 0. The van der Waals surface area contributed by atoms with E-state index in [1.165, 1.54) is 18.4 Å². The van der Waals surface area contributed by atoms with E-state index in [9.17, 15) is 0 Å². The van der Waals surface area contributed by atoms with Crippen LogP contribution in [0.5, 0.6) is 0 Å². The first-order valence-corrected chi connectivity index (χ1v) is 3.75. The second kappa shape index (κ2) is 3.97. The zero-order valence-electron chi connectivity index (χ0n) is 6.30. The van der Waals surface area contributed by atoms with Crippen molar-refractivity contribution in [1.82, 2.24) is 0 Å². The van der Waals surface area contributed by atoms with Crippen LogP contribution < -0.4 is 0 Å². The molecule has 0 aromatic carbocycles. The van der Waals surface area contributed by atoms with Crippen LogP contribution in [0.4, 0.5) is 0 Å². The molecule has 1 rings (SSSR count). The predicted octanol–water partition coefficient (Wildman–Crippen LogP) is 2.50. The maximum absolute atomic E-state index is 3.91. The lowest BCUT2D eigenvalue weighted by molar-refractivity contribution is 0.794.